The summed E-state index contributed by atoms with van der Waals surface area (Å²) < 4.78 is 0. The predicted molar refractivity (Wildman–Crippen MR) is 68.3 cm³/mol. The van der Waals surface area contributed by atoms with Crippen LogP contribution in [0.1, 0.15) is 40.0 Å². The zero-order chi connectivity index (χ0) is 11.1. The van der Waals surface area contributed by atoms with E-state index in [1.54, 1.807) is 0 Å². The SMILES string of the molecule is CC(C)(C)N1CCN2C(=S)CCC[C@@H]2C1. The third-order valence-corrected chi connectivity index (χ3v) is 4.12. The number of thiocarbonyl (C=S) groups is 1. The van der Waals surface area contributed by atoms with E-state index in [1.165, 1.54) is 30.9 Å². The average Bonchev–Trinajstić information content (AvgIpc) is 2.16. The minimum atomic E-state index is 0.311. The minimum Gasteiger partial charge on any atom is -0.361 e. The van der Waals surface area contributed by atoms with Crippen LogP contribution in [0.25, 0.3) is 0 Å². The Kier molecular flexibility index (Phi) is 3.04. The lowest BCUT2D eigenvalue weighted by Crippen LogP contribution is -2.60. The van der Waals surface area contributed by atoms with Crippen molar-refractivity contribution in [2.75, 3.05) is 19.6 Å². The number of piperazine rings is 1. The molecule has 2 nitrogen and oxygen atoms in total. The lowest BCUT2D eigenvalue weighted by Gasteiger charge is -2.49. The fourth-order valence-corrected chi connectivity index (χ4v) is 3.06. The lowest BCUT2D eigenvalue weighted by molar-refractivity contribution is 0.0459. The van der Waals surface area contributed by atoms with Crippen molar-refractivity contribution in [3.8, 4) is 0 Å². The topological polar surface area (TPSA) is 6.48 Å². The molecule has 1 atom stereocenters. The first kappa shape index (κ1) is 11.3. The van der Waals surface area contributed by atoms with Crippen LogP contribution in [0.5, 0.6) is 0 Å². The van der Waals surface area contributed by atoms with Crippen LogP contribution in [0.2, 0.25) is 0 Å². The number of nitrogens with zero attached hydrogens (tertiary/aromatic N) is 2. The van der Waals surface area contributed by atoms with E-state index in [4.69, 9.17) is 12.2 Å². The van der Waals surface area contributed by atoms with E-state index in [0.29, 0.717) is 11.6 Å². The third-order valence-electron chi connectivity index (χ3n) is 3.68. The largest absolute Gasteiger partial charge is 0.361 e. The number of fused-ring (bicyclic) bond motifs is 1. The molecule has 15 heavy (non-hydrogen) atoms. The number of piperidine rings is 1. The number of hydrogen-bond donors (Lipinski definition) is 0. The molecule has 2 saturated heterocycles. The zero-order valence-corrected chi connectivity index (χ0v) is 10.9. The van der Waals surface area contributed by atoms with Crippen LogP contribution in [0.4, 0.5) is 0 Å². The van der Waals surface area contributed by atoms with Gasteiger partial charge in [0.05, 0.1) is 4.99 Å². The Hall–Kier alpha value is -0.150. The fourth-order valence-electron chi connectivity index (χ4n) is 2.67. The molecule has 2 heterocycles. The second-order valence-corrected chi connectivity index (χ2v) is 6.22. The van der Waals surface area contributed by atoms with E-state index in [2.05, 4.69) is 30.6 Å². The molecule has 2 rings (SSSR count). The molecule has 2 aliphatic rings. The van der Waals surface area contributed by atoms with Crippen molar-refractivity contribution in [1.29, 1.82) is 0 Å². The van der Waals surface area contributed by atoms with Gasteiger partial charge in [0.15, 0.2) is 0 Å². The van der Waals surface area contributed by atoms with Crippen LogP contribution in [0.15, 0.2) is 0 Å². The van der Waals surface area contributed by atoms with Crippen molar-refractivity contribution >= 4 is 17.2 Å². The Balaban J connectivity index is 2.03. The normalized spacial score (nSPS) is 29.1. The Morgan fingerprint density at radius 2 is 2.00 bits per heavy atom. The van der Waals surface area contributed by atoms with Crippen molar-refractivity contribution in [3.63, 3.8) is 0 Å². The van der Waals surface area contributed by atoms with Gasteiger partial charge in [0.1, 0.15) is 0 Å². The summed E-state index contributed by atoms with van der Waals surface area (Å²) in [4.78, 5) is 6.28. The first-order chi connectivity index (χ1) is 6.98. The van der Waals surface area contributed by atoms with Crippen molar-refractivity contribution in [3.05, 3.63) is 0 Å². The Labute approximate surface area is 98.6 Å². The molecule has 0 amide bonds. The molecule has 0 radical (unpaired) electrons. The van der Waals surface area contributed by atoms with Gasteiger partial charge in [0.2, 0.25) is 0 Å². The van der Waals surface area contributed by atoms with Crippen molar-refractivity contribution in [2.45, 2.75) is 51.6 Å². The van der Waals surface area contributed by atoms with Crippen LogP contribution in [-0.4, -0.2) is 46.0 Å². The maximum Gasteiger partial charge on any atom is 0.0782 e. The van der Waals surface area contributed by atoms with E-state index < -0.39 is 0 Å². The molecular weight excluding hydrogens is 204 g/mol. The van der Waals surface area contributed by atoms with Crippen molar-refractivity contribution in [1.82, 2.24) is 9.80 Å². The molecule has 0 saturated carbocycles. The van der Waals surface area contributed by atoms with Gasteiger partial charge in [-0.2, -0.15) is 0 Å². The summed E-state index contributed by atoms with van der Waals surface area (Å²) in [7, 11) is 0. The lowest BCUT2D eigenvalue weighted by atomic mass is 9.96. The van der Waals surface area contributed by atoms with Gasteiger partial charge in [0.25, 0.3) is 0 Å². The summed E-state index contributed by atoms with van der Waals surface area (Å²) in [5.74, 6) is 0. The molecule has 0 aromatic rings. The number of rotatable bonds is 0. The Morgan fingerprint density at radius 1 is 1.27 bits per heavy atom. The maximum absolute atomic E-state index is 5.44. The van der Waals surface area contributed by atoms with Gasteiger partial charge >= 0.3 is 0 Å². The highest BCUT2D eigenvalue weighted by Gasteiger charge is 2.34. The van der Waals surface area contributed by atoms with Gasteiger partial charge < -0.3 is 4.90 Å². The second kappa shape index (κ2) is 4.02. The van der Waals surface area contributed by atoms with Crippen LogP contribution in [0, 0.1) is 0 Å². The molecule has 0 aliphatic carbocycles. The van der Waals surface area contributed by atoms with Gasteiger partial charge in [0, 0.05) is 31.2 Å². The van der Waals surface area contributed by atoms with Gasteiger partial charge in [-0.25, -0.2) is 0 Å². The summed E-state index contributed by atoms with van der Waals surface area (Å²) in [6, 6.07) is 0.694. The van der Waals surface area contributed by atoms with E-state index in [1.807, 2.05) is 0 Å². The van der Waals surface area contributed by atoms with Crippen molar-refractivity contribution in [2.24, 2.45) is 0 Å². The summed E-state index contributed by atoms with van der Waals surface area (Å²) in [5, 5.41) is 0. The smallest absolute Gasteiger partial charge is 0.0782 e. The van der Waals surface area contributed by atoms with E-state index >= 15 is 0 Å². The Bertz CT molecular complexity index is 257. The van der Waals surface area contributed by atoms with Crippen LogP contribution >= 0.6 is 12.2 Å². The van der Waals surface area contributed by atoms with Crippen molar-refractivity contribution < 1.29 is 0 Å². The quantitative estimate of drug-likeness (QED) is 0.585. The highest BCUT2D eigenvalue weighted by atomic mass is 32.1. The van der Waals surface area contributed by atoms with Gasteiger partial charge in [-0.15, -0.1) is 0 Å². The zero-order valence-electron chi connectivity index (χ0n) is 10.1. The van der Waals surface area contributed by atoms with Gasteiger partial charge in [-0.1, -0.05) is 12.2 Å². The summed E-state index contributed by atoms with van der Waals surface area (Å²) in [6.07, 6.45) is 3.76. The summed E-state index contributed by atoms with van der Waals surface area (Å²) in [5.41, 5.74) is 0.311. The molecule has 0 unspecified atom stereocenters. The molecule has 0 N–H and O–H groups in total. The highest BCUT2D eigenvalue weighted by molar-refractivity contribution is 7.80. The predicted octanol–water partition coefficient (Wildman–Crippen LogP) is 2.28. The van der Waals surface area contributed by atoms with Gasteiger partial charge in [-0.3, -0.25) is 4.90 Å². The summed E-state index contributed by atoms with van der Waals surface area (Å²) in [6.45, 7) is 10.4. The molecule has 0 spiro atoms. The second-order valence-electron chi connectivity index (χ2n) is 5.75. The molecule has 86 valence electrons. The monoisotopic (exact) mass is 226 g/mol. The summed E-state index contributed by atoms with van der Waals surface area (Å²) >= 11 is 5.44. The standard InChI is InChI=1S/C12H22N2S/c1-12(2,3)13-7-8-14-10(9-13)5-4-6-11(14)15/h10H,4-9H2,1-3H3/t10-/m1/s1. The molecule has 0 bridgehead atoms. The van der Waals surface area contributed by atoms with E-state index in [9.17, 15) is 0 Å². The molecule has 0 aromatic carbocycles. The first-order valence-corrected chi connectivity index (χ1v) is 6.44. The van der Waals surface area contributed by atoms with Crippen LogP contribution in [-0.2, 0) is 0 Å². The minimum absolute atomic E-state index is 0.311. The molecule has 0 aromatic heterocycles. The third kappa shape index (κ3) is 2.34. The maximum atomic E-state index is 5.44. The first-order valence-electron chi connectivity index (χ1n) is 6.03. The van der Waals surface area contributed by atoms with E-state index in [0.717, 1.165) is 13.0 Å². The van der Waals surface area contributed by atoms with Gasteiger partial charge in [-0.05, 0) is 40.0 Å². The average molecular weight is 226 g/mol. The molecular formula is C12H22N2S. The van der Waals surface area contributed by atoms with Crippen LogP contribution < -0.4 is 0 Å². The Morgan fingerprint density at radius 3 is 2.67 bits per heavy atom. The molecule has 2 aliphatic heterocycles. The highest BCUT2D eigenvalue weighted by Crippen LogP contribution is 2.26. The van der Waals surface area contributed by atoms with Crippen LogP contribution in [0.3, 0.4) is 0 Å². The fraction of sp³-hybridized carbons (Fsp3) is 0.917. The number of hydrogen-bond acceptors (Lipinski definition) is 2. The van der Waals surface area contributed by atoms with E-state index in [-0.39, 0.29) is 0 Å². The molecule has 2 fully saturated rings. The molecule has 3 heteroatoms.